The zero-order valence-corrected chi connectivity index (χ0v) is 9.50. The van der Waals surface area contributed by atoms with Gasteiger partial charge in [-0.15, -0.1) is 0 Å². The summed E-state index contributed by atoms with van der Waals surface area (Å²) in [5.41, 5.74) is 6.37. The van der Waals surface area contributed by atoms with Crippen LogP contribution in [0.25, 0.3) is 0 Å². The third-order valence-corrected chi connectivity index (χ3v) is 2.98. The van der Waals surface area contributed by atoms with E-state index >= 15 is 0 Å². The van der Waals surface area contributed by atoms with E-state index in [9.17, 15) is 9.18 Å². The van der Waals surface area contributed by atoms with E-state index in [-0.39, 0.29) is 17.5 Å². The van der Waals surface area contributed by atoms with Crippen molar-refractivity contribution in [3.05, 3.63) is 24.0 Å². The first kappa shape index (κ1) is 11.9. The van der Waals surface area contributed by atoms with Gasteiger partial charge in [-0.3, -0.25) is 4.79 Å². The molecule has 0 spiro atoms. The first-order valence-electron chi connectivity index (χ1n) is 5.73. The van der Waals surface area contributed by atoms with Crippen molar-refractivity contribution in [2.45, 2.75) is 12.8 Å². The zero-order valence-electron chi connectivity index (χ0n) is 9.50. The molecule has 1 heterocycles. The number of rotatable bonds is 2. The van der Waals surface area contributed by atoms with Crippen LogP contribution in [0, 0.1) is 11.7 Å². The summed E-state index contributed by atoms with van der Waals surface area (Å²) >= 11 is 0. The summed E-state index contributed by atoms with van der Waals surface area (Å²) in [6.07, 6.45) is 1.65. The van der Waals surface area contributed by atoms with Gasteiger partial charge in [0.25, 0.3) is 0 Å². The first-order chi connectivity index (χ1) is 8.16. The van der Waals surface area contributed by atoms with E-state index in [1.807, 2.05) is 0 Å². The van der Waals surface area contributed by atoms with Gasteiger partial charge in [0.2, 0.25) is 5.91 Å². The molecule has 4 N–H and O–H groups in total. The standard InChI is InChI=1S/C12H16FN3O/c13-9-1-2-11(10(14)7-9)16-12(17)8-3-5-15-6-4-8/h1-2,7-8,15H,3-6,14H2,(H,16,17). The number of carbonyl (C=O) groups is 1. The van der Waals surface area contributed by atoms with Crippen molar-refractivity contribution in [1.29, 1.82) is 0 Å². The maximum atomic E-state index is 12.8. The van der Waals surface area contributed by atoms with Gasteiger partial charge in [0.15, 0.2) is 0 Å². The first-order valence-corrected chi connectivity index (χ1v) is 5.73. The minimum Gasteiger partial charge on any atom is -0.397 e. The number of hydrogen-bond acceptors (Lipinski definition) is 3. The molecule has 17 heavy (non-hydrogen) atoms. The number of piperidine rings is 1. The highest BCUT2D eigenvalue weighted by molar-refractivity contribution is 5.95. The topological polar surface area (TPSA) is 67.1 Å². The highest BCUT2D eigenvalue weighted by Crippen LogP contribution is 2.21. The number of carbonyl (C=O) groups excluding carboxylic acids is 1. The van der Waals surface area contributed by atoms with Gasteiger partial charge in [-0.05, 0) is 44.1 Å². The Hall–Kier alpha value is -1.62. The molecule has 1 fully saturated rings. The zero-order chi connectivity index (χ0) is 12.3. The molecule has 1 amide bonds. The number of halogens is 1. The second-order valence-electron chi connectivity index (χ2n) is 4.25. The Balaban J connectivity index is 2.02. The Morgan fingerprint density at radius 1 is 1.41 bits per heavy atom. The smallest absolute Gasteiger partial charge is 0.227 e. The summed E-state index contributed by atoms with van der Waals surface area (Å²) in [5.74, 6) is -0.423. The van der Waals surface area contributed by atoms with Crippen molar-refractivity contribution in [2.75, 3.05) is 24.1 Å². The molecular weight excluding hydrogens is 221 g/mol. The number of amides is 1. The predicted molar refractivity (Wildman–Crippen MR) is 65.0 cm³/mol. The predicted octanol–water partition coefficient (Wildman–Crippen LogP) is 1.35. The summed E-state index contributed by atoms with van der Waals surface area (Å²) in [4.78, 5) is 11.9. The summed E-state index contributed by atoms with van der Waals surface area (Å²) in [6.45, 7) is 1.72. The monoisotopic (exact) mass is 237 g/mol. The van der Waals surface area contributed by atoms with Gasteiger partial charge < -0.3 is 16.4 Å². The molecule has 0 aromatic heterocycles. The van der Waals surface area contributed by atoms with Crippen LogP contribution in [0.2, 0.25) is 0 Å². The molecule has 1 aromatic rings. The minimum atomic E-state index is -0.401. The fourth-order valence-electron chi connectivity index (χ4n) is 1.97. The minimum absolute atomic E-state index is 0.0145. The van der Waals surface area contributed by atoms with E-state index in [1.54, 1.807) is 0 Å². The molecule has 1 saturated heterocycles. The molecule has 0 radical (unpaired) electrons. The molecule has 1 aliphatic heterocycles. The van der Waals surface area contributed by atoms with Crippen LogP contribution in [0.3, 0.4) is 0 Å². The molecule has 0 saturated carbocycles. The highest BCUT2D eigenvalue weighted by Gasteiger charge is 2.21. The van der Waals surface area contributed by atoms with Crippen molar-refractivity contribution in [3.63, 3.8) is 0 Å². The van der Waals surface area contributed by atoms with E-state index in [4.69, 9.17) is 5.73 Å². The van der Waals surface area contributed by atoms with Crippen molar-refractivity contribution in [3.8, 4) is 0 Å². The number of benzene rings is 1. The molecule has 92 valence electrons. The Kier molecular flexibility index (Phi) is 3.58. The van der Waals surface area contributed by atoms with Gasteiger partial charge in [-0.1, -0.05) is 0 Å². The number of hydrogen-bond donors (Lipinski definition) is 3. The molecule has 0 unspecified atom stereocenters. The van der Waals surface area contributed by atoms with Gasteiger partial charge in [0, 0.05) is 5.92 Å². The van der Waals surface area contributed by atoms with Crippen molar-refractivity contribution >= 4 is 17.3 Å². The number of anilines is 2. The van der Waals surface area contributed by atoms with Crippen LogP contribution in [-0.2, 0) is 4.79 Å². The molecule has 5 heteroatoms. The van der Waals surface area contributed by atoms with Crippen LogP contribution in [0.5, 0.6) is 0 Å². The van der Waals surface area contributed by atoms with E-state index in [2.05, 4.69) is 10.6 Å². The van der Waals surface area contributed by atoms with Crippen LogP contribution >= 0.6 is 0 Å². The number of nitrogen functional groups attached to an aromatic ring is 1. The molecule has 0 bridgehead atoms. The fraction of sp³-hybridized carbons (Fsp3) is 0.417. The van der Waals surface area contributed by atoms with Gasteiger partial charge in [-0.2, -0.15) is 0 Å². The highest BCUT2D eigenvalue weighted by atomic mass is 19.1. The van der Waals surface area contributed by atoms with Crippen molar-refractivity contribution in [1.82, 2.24) is 5.32 Å². The van der Waals surface area contributed by atoms with Gasteiger partial charge in [0.1, 0.15) is 5.82 Å². The van der Waals surface area contributed by atoms with E-state index in [0.717, 1.165) is 25.9 Å². The van der Waals surface area contributed by atoms with Crippen LogP contribution in [0.4, 0.5) is 15.8 Å². The second kappa shape index (κ2) is 5.14. The molecule has 1 aromatic carbocycles. The van der Waals surface area contributed by atoms with Gasteiger partial charge in [-0.25, -0.2) is 4.39 Å². The third kappa shape index (κ3) is 2.94. The SMILES string of the molecule is Nc1cc(F)ccc1NC(=O)C1CCNCC1. The number of nitrogens with one attached hydrogen (secondary N) is 2. The van der Waals surface area contributed by atoms with Crippen molar-refractivity contribution in [2.24, 2.45) is 5.92 Å². The normalized spacial score (nSPS) is 16.8. The lowest BCUT2D eigenvalue weighted by atomic mass is 9.97. The quantitative estimate of drug-likeness (QED) is 0.680. The molecule has 0 atom stereocenters. The average molecular weight is 237 g/mol. The van der Waals surface area contributed by atoms with Crippen LogP contribution < -0.4 is 16.4 Å². The fourth-order valence-corrected chi connectivity index (χ4v) is 1.97. The molecule has 4 nitrogen and oxygen atoms in total. The van der Waals surface area contributed by atoms with E-state index in [0.29, 0.717) is 5.69 Å². The summed E-state index contributed by atoms with van der Waals surface area (Å²) in [5, 5.41) is 5.95. The largest absolute Gasteiger partial charge is 0.397 e. The molecule has 1 aliphatic rings. The van der Waals surface area contributed by atoms with Gasteiger partial charge in [0.05, 0.1) is 11.4 Å². The molecule has 2 rings (SSSR count). The summed E-state index contributed by atoms with van der Waals surface area (Å²) in [6, 6.07) is 3.98. The molecular formula is C12H16FN3O. The average Bonchev–Trinajstić information content (AvgIpc) is 2.34. The van der Waals surface area contributed by atoms with Crippen LogP contribution in [0.15, 0.2) is 18.2 Å². The number of nitrogens with two attached hydrogens (primary N) is 1. The lowest BCUT2D eigenvalue weighted by Crippen LogP contribution is -2.34. The summed E-state index contributed by atoms with van der Waals surface area (Å²) < 4.78 is 12.8. The second-order valence-corrected chi connectivity index (χ2v) is 4.25. The van der Waals surface area contributed by atoms with E-state index in [1.165, 1.54) is 18.2 Å². The van der Waals surface area contributed by atoms with Gasteiger partial charge >= 0.3 is 0 Å². The Bertz CT molecular complexity index is 416. The maximum Gasteiger partial charge on any atom is 0.227 e. The lowest BCUT2D eigenvalue weighted by molar-refractivity contribution is -0.120. The maximum absolute atomic E-state index is 12.8. The Morgan fingerprint density at radius 3 is 2.76 bits per heavy atom. The lowest BCUT2D eigenvalue weighted by Gasteiger charge is -2.22. The Labute approximate surface area is 99.4 Å². The molecule has 0 aliphatic carbocycles. The van der Waals surface area contributed by atoms with Crippen LogP contribution in [-0.4, -0.2) is 19.0 Å². The third-order valence-electron chi connectivity index (χ3n) is 2.98. The summed E-state index contributed by atoms with van der Waals surface area (Å²) in [7, 11) is 0. The Morgan fingerprint density at radius 2 is 2.12 bits per heavy atom. The van der Waals surface area contributed by atoms with E-state index < -0.39 is 5.82 Å². The van der Waals surface area contributed by atoms with Crippen LogP contribution in [0.1, 0.15) is 12.8 Å². The van der Waals surface area contributed by atoms with Crippen molar-refractivity contribution < 1.29 is 9.18 Å².